The molecule has 1 atom stereocenters. The molecule has 0 aromatic carbocycles. The van der Waals surface area contributed by atoms with Crippen LogP contribution in [0.15, 0.2) is 18.2 Å². The van der Waals surface area contributed by atoms with Crippen molar-refractivity contribution >= 4 is 17.5 Å². The van der Waals surface area contributed by atoms with Gasteiger partial charge in [-0.05, 0) is 19.1 Å². The molecule has 2 N–H and O–H groups in total. The van der Waals surface area contributed by atoms with Crippen molar-refractivity contribution in [3.05, 3.63) is 18.2 Å². The predicted octanol–water partition coefficient (Wildman–Crippen LogP) is 0.465. The van der Waals surface area contributed by atoms with Crippen LogP contribution in [0.25, 0.3) is 0 Å². The second-order valence-corrected chi connectivity index (χ2v) is 4.31. The zero-order valence-electron chi connectivity index (χ0n) is 11.3. The molecule has 1 unspecified atom stereocenters. The van der Waals surface area contributed by atoms with Crippen LogP contribution in [0.4, 0.5) is 11.6 Å². The summed E-state index contributed by atoms with van der Waals surface area (Å²) in [6, 6.07) is 5.43. The number of nitrogens with one attached hydrogen (secondary N) is 2. The third kappa shape index (κ3) is 3.14. The zero-order valence-corrected chi connectivity index (χ0v) is 11.3. The molecule has 1 amide bonds. The van der Waals surface area contributed by atoms with Crippen LogP contribution in [0.1, 0.15) is 6.92 Å². The Morgan fingerprint density at radius 3 is 3.16 bits per heavy atom. The van der Waals surface area contributed by atoms with E-state index in [4.69, 9.17) is 4.74 Å². The van der Waals surface area contributed by atoms with Crippen LogP contribution in [0.3, 0.4) is 0 Å². The van der Waals surface area contributed by atoms with E-state index in [9.17, 15) is 4.79 Å². The van der Waals surface area contributed by atoms with Gasteiger partial charge in [-0.2, -0.15) is 0 Å². The molecule has 1 fully saturated rings. The highest BCUT2D eigenvalue weighted by atomic mass is 16.5. The molecule has 0 radical (unpaired) electrons. The normalized spacial score (nSPS) is 19.1. The number of nitrogens with zero attached hydrogens (tertiary/aromatic N) is 2. The quantitative estimate of drug-likeness (QED) is 0.827. The molecular weight excluding hydrogens is 244 g/mol. The first-order valence-electron chi connectivity index (χ1n) is 6.53. The number of likely N-dealkylation sites (N-methyl/N-ethyl adjacent to an activating group) is 1. The number of amides is 1. The molecule has 0 saturated carbocycles. The zero-order chi connectivity index (χ0) is 13.7. The van der Waals surface area contributed by atoms with Gasteiger partial charge in [0.1, 0.15) is 17.7 Å². The molecule has 1 saturated heterocycles. The van der Waals surface area contributed by atoms with Gasteiger partial charge in [0.25, 0.3) is 0 Å². The molecule has 0 aliphatic carbocycles. The Hall–Kier alpha value is -1.82. The van der Waals surface area contributed by atoms with Crippen molar-refractivity contribution in [1.29, 1.82) is 0 Å². The minimum atomic E-state index is -0.312. The SMILES string of the molecule is CCNC(=O)C1COCCN1c1cccc(NC)n1. The summed E-state index contributed by atoms with van der Waals surface area (Å²) in [5.74, 6) is 1.57. The van der Waals surface area contributed by atoms with Crippen molar-refractivity contribution < 1.29 is 9.53 Å². The number of aromatic nitrogens is 1. The van der Waals surface area contributed by atoms with Gasteiger partial charge in [0.05, 0.1) is 13.2 Å². The van der Waals surface area contributed by atoms with Crippen molar-refractivity contribution in [3.8, 4) is 0 Å². The number of hydrogen-bond donors (Lipinski definition) is 2. The van der Waals surface area contributed by atoms with E-state index >= 15 is 0 Å². The van der Waals surface area contributed by atoms with Gasteiger partial charge in [0.15, 0.2) is 0 Å². The van der Waals surface area contributed by atoms with E-state index in [2.05, 4.69) is 15.6 Å². The Bertz CT molecular complexity index is 438. The fourth-order valence-electron chi connectivity index (χ4n) is 2.11. The van der Waals surface area contributed by atoms with Gasteiger partial charge >= 0.3 is 0 Å². The Balaban J connectivity index is 2.20. The first-order valence-corrected chi connectivity index (χ1v) is 6.53. The lowest BCUT2D eigenvalue weighted by Gasteiger charge is -2.35. The van der Waals surface area contributed by atoms with E-state index in [1.165, 1.54) is 0 Å². The van der Waals surface area contributed by atoms with Crippen LogP contribution < -0.4 is 15.5 Å². The summed E-state index contributed by atoms with van der Waals surface area (Å²) < 4.78 is 5.41. The van der Waals surface area contributed by atoms with E-state index in [-0.39, 0.29) is 11.9 Å². The maximum absolute atomic E-state index is 12.1. The first kappa shape index (κ1) is 13.6. The molecule has 1 aliphatic heterocycles. The minimum absolute atomic E-state index is 0.0149. The Morgan fingerprint density at radius 2 is 2.42 bits per heavy atom. The van der Waals surface area contributed by atoms with Crippen LogP contribution >= 0.6 is 0 Å². The summed E-state index contributed by atoms with van der Waals surface area (Å²) in [6.07, 6.45) is 0. The summed E-state index contributed by atoms with van der Waals surface area (Å²) in [7, 11) is 1.83. The first-order chi connectivity index (χ1) is 9.26. The van der Waals surface area contributed by atoms with E-state index in [1.54, 1.807) is 0 Å². The number of anilines is 2. The molecule has 104 valence electrons. The summed E-state index contributed by atoms with van der Waals surface area (Å²) in [6.45, 7) is 4.21. The van der Waals surface area contributed by atoms with Crippen LogP contribution in [0.5, 0.6) is 0 Å². The highest BCUT2D eigenvalue weighted by molar-refractivity contribution is 5.85. The van der Waals surface area contributed by atoms with E-state index < -0.39 is 0 Å². The third-order valence-corrected chi connectivity index (χ3v) is 3.07. The number of carbonyl (C=O) groups excluding carboxylic acids is 1. The fourth-order valence-corrected chi connectivity index (χ4v) is 2.11. The van der Waals surface area contributed by atoms with Gasteiger partial charge in [0.2, 0.25) is 5.91 Å². The van der Waals surface area contributed by atoms with Gasteiger partial charge in [-0.25, -0.2) is 4.98 Å². The number of carbonyl (C=O) groups is 1. The Morgan fingerprint density at radius 1 is 1.58 bits per heavy atom. The molecule has 1 aliphatic rings. The number of ether oxygens (including phenoxy) is 1. The van der Waals surface area contributed by atoms with Crippen molar-refractivity contribution in [3.63, 3.8) is 0 Å². The largest absolute Gasteiger partial charge is 0.377 e. The molecular formula is C13H20N4O2. The molecule has 1 aromatic heterocycles. The third-order valence-electron chi connectivity index (χ3n) is 3.07. The van der Waals surface area contributed by atoms with Crippen LogP contribution in [0, 0.1) is 0 Å². The Labute approximate surface area is 113 Å². The molecule has 6 heteroatoms. The average Bonchev–Trinajstić information content (AvgIpc) is 2.47. The average molecular weight is 264 g/mol. The molecule has 0 spiro atoms. The lowest BCUT2D eigenvalue weighted by molar-refractivity contribution is -0.124. The van der Waals surface area contributed by atoms with Crippen molar-refractivity contribution in [2.75, 3.05) is 43.6 Å². The number of pyridine rings is 1. The number of rotatable bonds is 4. The topological polar surface area (TPSA) is 66.5 Å². The number of morpholine rings is 1. The standard InChI is InChI=1S/C13H20N4O2/c1-3-15-13(18)10-9-19-8-7-17(10)12-6-4-5-11(14-2)16-12/h4-6,10H,3,7-9H2,1-2H3,(H,14,16)(H,15,18). The van der Waals surface area contributed by atoms with E-state index in [0.717, 1.165) is 11.6 Å². The number of hydrogen-bond acceptors (Lipinski definition) is 5. The van der Waals surface area contributed by atoms with Gasteiger partial charge in [-0.1, -0.05) is 6.07 Å². The van der Waals surface area contributed by atoms with Crippen LogP contribution in [0.2, 0.25) is 0 Å². The van der Waals surface area contributed by atoms with Gasteiger partial charge in [-0.3, -0.25) is 4.79 Å². The molecule has 2 heterocycles. The smallest absolute Gasteiger partial charge is 0.245 e. The lowest BCUT2D eigenvalue weighted by atomic mass is 10.2. The summed E-state index contributed by atoms with van der Waals surface area (Å²) in [5, 5.41) is 5.85. The maximum Gasteiger partial charge on any atom is 0.245 e. The van der Waals surface area contributed by atoms with E-state index in [0.29, 0.717) is 26.3 Å². The molecule has 19 heavy (non-hydrogen) atoms. The highest BCUT2D eigenvalue weighted by Crippen LogP contribution is 2.19. The van der Waals surface area contributed by atoms with Crippen molar-refractivity contribution in [2.45, 2.75) is 13.0 Å². The van der Waals surface area contributed by atoms with Crippen LogP contribution in [-0.2, 0) is 9.53 Å². The highest BCUT2D eigenvalue weighted by Gasteiger charge is 2.30. The van der Waals surface area contributed by atoms with Gasteiger partial charge in [-0.15, -0.1) is 0 Å². The summed E-state index contributed by atoms with van der Waals surface area (Å²) in [4.78, 5) is 18.5. The molecule has 1 aromatic rings. The molecule has 6 nitrogen and oxygen atoms in total. The molecule has 0 bridgehead atoms. The second-order valence-electron chi connectivity index (χ2n) is 4.31. The van der Waals surface area contributed by atoms with Crippen molar-refractivity contribution in [2.24, 2.45) is 0 Å². The lowest BCUT2D eigenvalue weighted by Crippen LogP contribution is -2.54. The fraction of sp³-hybridized carbons (Fsp3) is 0.538. The van der Waals surface area contributed by atoms with Gasteiger partial charge in [0, 0.05) is 20.1 Å². The van der Waals surface area contributed by atoms with Crippen molar-refractivity contribution in [1.82, 2.24) is 10.3 Å². The van der Waals surface area contributed by atoms with Gasteiger partial charge < -0.3 is 20.3 Å². The summed E-state index contributed by atoms with van der Waals surface area (Å²) >= 11 is 0. The summed E-state index contributed by atoms with van der Waals surface area (Å²) in [5.41, 5.74) is 0. The molecule has 2 rings (SSSR count). The predicted molar refractivity (Wildman–Crippen MR) is 74.4 cm³/mol. The Kier molecular flexibility index (Phi) is 4.57. The minimum Gasteiger partial charge on any atom is -0.377 e. The monoisotopic (exact) mass is 264 g/mol. The second kappa shape index (κ2) is 6.38. The maximum atomic E-state index is 12.1. The van der Waals surface area contributed by atoms with E-state index in [1.807, 2.05) is 37.1 Å². The van der Waals surface area contributed by atoms with Crippen LogP contribution in [-0.4, -0.2) is 50.3 Å².